The standard InChI is InChI=1S/C24H25NO4S/c1-5-28-24-15-20(16-25-21-10-8-18(3)19(4)14-21)9-13-23(24)29-30(26,27)22-11-6-17(2)7-12-22/h6-16H,5H2,1-4H3. The largest absolute Gasteiger partial charge is 0.490 e. The highest BCUT2D eigenvalue weighted by molar-refractivity contribution is 7.87. The van der Waals surface area contributed by atoms with Gasteiger partial charge >= 0.3 is 10.1 Å². The van der Waals surface area contributed by atoms with Gasteiger partial charge in [0.25, 0.3) is 0 Å². The minimum Gasteiger partial charge on any atom is -0.490 e. The van der Waals surface area contributed by atoms with Crippen molar-refractivity contribution in [3.8, 4) is 11.5 Å². The van der Waals surface area contributed by atoms with Gasteiger partial charge in [-0.25, -0.2) is 0 Å². The third-order valence-electron chi connectivity index (χ3n) is 4.63. The van der Waals surface area contributed by atoms with E-state index in [9.17, 15) is 8.42 Å². The van der Waals surface area contributed by atoms with Crippen LogP contribution in [0.15, 0.2) is 70.6 Å². The number of aliphatic imine (C=N–C) groups is 1. The van der Waals surface area contributed by atoms with Crippen LogP contribution in [-0.4, -0.2) is 21.2 Å². The van der Waals surface area contributed by atoms with Gasteiger partial charge in [0.15, 0.2) is 11.5 Å². The molecule has 156 valence electrons. The Morgan fingerprint density at radius 1 is 0.867 bits per heavy atom. The molecule has 0 saturated heterocycles. The number of aryl methyl sites for hydroxylation is 3. The second kappa shape index (κ2) is 9.13. The molecular weight excluding hydrogens is 398 g/mol. The van der Waals surface area contributed by atoms with Crippen molar-refractivity contribution in [2.75, 3.05) is 6.61 Å². The first kappa shape index (κ1) is 21.6. The summed E-state index contributed by atoms with van der Waals surface area (Å²) in [6.07, 6.45) is 1.71. The lowest BCUT2D eigenvalue weighted by molar-refractivity contribution is 0.327. The molecule has 3 aromatic carbocycles. The third kappa shape index (κ3) is 5.27. The van der Waals surface area contributed by atoms with Gasteiger partial charge in [0.1, 0.15) is 4.90 Å². The SMILES string of the molecule is CCOc1cc(C=Nc2ccc(C)c(C)c2)ccc1OS(=O)(=O)c1ccc(C)cc1. The fourth-order valence-corrected chi connectivity index (χ4v) is 3.71. The fraction of sp³-hybridized carbons (Fsp3) is 0.208. The summed E-state index contributed by atoms with van der Waals surface area (Å²) >= 11 is 0. The monoisotopic (exact) mass is 423 g/mol. The van der Waals surface area contributed by atoms with Crippen molar-refractivity contribution >= 4 is 22.0 Å². The van der Waals surface area contributed by atoms with E-state index in [0.29, 0.717) is 12.4 Å². The molecule has 0 heterocycles. The van der Waals surface area contributed by atoms with Crippen molar-refractivity contribution in [1.29, 1.82) is 0 Å². The summed E-state index contributed by atoms with van der Waals surface area (Å²) in [4.78, 5) is 4.59. The van der Waals surface area contributed by atoms with E-state index in [2.05, 4.69) is 11.9 Å². The molecular formula is C24H25NO4S. The van der Waals surface area contributed by atoms with Gasteiger partial charge in [-0.3, -0.25) is 4.99 Å². The number of rotatable bonds is 7. The van der Waals surface area contributed by atoms with Gasteiger partial charge in [-0.15, -0.1) is 0 Å². The maximum absolute atomic E-state index is 12.6. The van der Waals surface area contributed by atoms with Crippen molar-refractivity contribution in [2.45, 2.75) is 32.6 Å². The molecule has 0 amide bonds. The van der Waals surface area contributed by atoms with E-state index in [1.54, 1.807) is 36.5 Å². The molecule has 0 aliphatic carbocycles. The topological polar surface area (TPSA) is 65.0 Å². The Kier molecular flexibility index (Phi) is 6.57. The van der Waals surface area contributed by atoms with Crippen molar-refractivity contribution < 1.29 is 17.3 Å². The van der Waals surface area contributed by atoms with E-state index < -0.39 is 10.1 Å². The Morgan fingerprint density at radius 2 is 1.60 bits per heavy atom. The number of ether oxygens (including phenoxy) is 1. The van der Waals surface area contributed by atoms with Crippen molar-refractivity contribution in [1.82, 2.24) is 0 Å². The summed E-state index contributed by atoms with van der Waals surface area (Å²) in [5.74, 6) is 0.484. The summed E-state index contributed by atoms with van der Waals surface area (Å²) in [5, 5.41) is 0. The molecule has 3 aromatic rings. The van der Waals surface area contributed by atoms with E-state index in [1.807, 2.05) is 39.0 Å². The minimum absolute atomic E-state index is 0.0935. The van der Waals surface area contributed by atoms with Crippen LogP contribution in [0.2, 0.25) is 0 Å². The van der Waals surface area contributed by atoms with E-state index in [-0.39, 0.29) is 10.6 Å². The average molecular weight is 424 g/mol. The zero-order valence-electron chi connectivity index (χ0n) is 17.5. The van der Waals surface area contributed by atoms with Crippen LogP contribution in [0.4, 0.5) is 5.69 Å². The highest BCUT2D eigenvalue weighted by atomic mass is 32.2. The van der Waals surface area contributed by atoms with Gasteiger partial charge in [0.05, 0.1) is 12.3 Å². The first-order valence-corrected chi connectivity index (χ1v) is 11.1. The molecule has 0 spiro atoms. The number of hydrogen-bond acceptors (Lipinski definition) is 5. The molecule has 30 heavy (non-hydrogen) atoms. The van der Waals surface area contributed by atoms with Crippen LogP contribution >= 0.6 is 0 Å². The normalized spacial score (nSPS) is 11.6. The summed E-state index contributed by atoms with van der Waals surface area (Å²) in [5.41, 5.74) is 4.97. The first-order chi connectivity index (χ1) is 14.3. The van der Waals surface area contributed by atoms with Gasteiger partial charge in [-0.1, -0.05) is 23.8 Å². The molecule has 0 unspecified atom stereocenters. The first-order valence-electron chi connectivity index (χ1n) is 9.68. The van der Waals surface area contributed by atoms with Crippen LogP contribution in [0.25, 0.3) is 0 Å². The Balaban J connectivity index is 1.86. The number of hydrogen-bond donors (Lipinski definition) is 0. The lowest BCUT2D eigenvalue weighted by Gasteiger charge is -2.12. The maximum Gasteiger partial charge on any atom is 0.339 e. The number of benzene rings is 3. The quantitative estimate of drug-likeness (QED) is 0.370. The van der Waals surface area contributed by atoms with Crippen LogP contribution in [0, 0.1) is 20.8 Å². The van der Waals surface area contributed by atoms with E-state index >= 15 is 0 Å². The lowest BCUT2D eigenvalue weighted by Crippen LogP contribution is -2.11. The lowest BCUT2D eigenvalue weighted by atomic mass is 10.1. The Morgan fingerprint density at radius 3 is 2.27 bits per heavy atom. The van der Waals surface area contributed by atoms with E-state index in [0.717, 1.165) is 16.8 Å². The second-order valence-electron chi connectivity index (χ2n) is 7.02. The number of nitrogens with zero attached hydrogens (tertiary/aromatic N) is 1. The smallest absolute Gasteiger partial charge is 0.339 e. The summed E-state index contributed by atoms with van der Waals surface area (Å²) in [7, 11) is -3.96. The van der Waals surface area contributed by atoms with Gasteiger partial charge in [0.2, 0.25) is 0 Å². The van der Waals surface area contributed by atoms with Crippen LogP contribution in [0.3, 0.4) is 0 Å². The molecule has 0 fully saturated rings. The maximum atomic E-state index is 12.6. The minimum atomic E-state index is -3.96. The second-order valence-corrected chi connectivity index (χ2v) is 8.56. The molecule has 3 rings (SSSR count). The van der Waals surface area contributed by atoms with E-state index in [1.165, 1.54) is 23.3 Å². The van der Waals surface area contributed by atoms with Crippen LogP contribution in [0.1, 0.15) is 29.2 Å². The summed E-state index contributed by atoms with van der Waals surface area (Å²) in [6.45, 7) is 8.19. The molecule has 0 aromatic heterocycles. The molecule has 0 saturated carbocycles. The van der Waals surface area contributed by atoms with Crippen molar-refractivity contribution in [3.05, 3.63) is 82.9 Å². The highest BCUT2D eigenvalue weighted by Gasteiger charge is 2.19. The molecule has 0 aliphatic heterocycles. The molecule has 5 nitrogen and oxygen atoms in total. The van der Waals surface area contributed by atoms with Crippen molar-refractivity contribution in [2.24, 2.45) is 4.99 Å². The third-order valence-corrected chi connectivity index (χ3v) is 5.88. The Hall–Kier alpha value is -3.12. The predicted octanol–water partition coefficient (Wildman–Crippen LogP) is 5.53. The molecule has 0 N–H and O–H groups in total. The Bertz CT molecular complexity index is 1170. The summed E-state index contributed by atoms with van der Waals surface area (Å²) < 4.78 is 36.2. The zero-order valence-corrected chi connectivity index (χ0v) is 18.4. The molecule has 6 heteroatoms. The highest BCUT2D eigenvalue weighted by Crippen LogP contribution is 2.31. The van der Waals surface area contributed by atoms with E-state index in [4.69, 9.17) is 8.92 Å². The zero-order chi connectivity index (χ0) is 21.7. The average Bonchev–Trinajstić information content (AvgIpc) is 2.71. The van der Waals surface area contributed by atoms with Crippen LogP contribution in [-0.2, 0) is 10.1 Å². The molecule has 0 radical (unpaired) electrons. The van der Waals surface area contributed by atoms with Gasteiger partial charge in [0, 0.05) is 6.21 Å². The molecule has 0 aliphatic rings. The predicted molar refractivity (Wildman–Crippen MR) is 120 cm³/mol. The van der Waals surface area contributed by atoms with Gasteiger partial charge < -0.3 is 8.92 Å². The summed E-state index contributed by atoms with van der Waals surface area (Å²) in [6, 6.07) is 17.5. The van der Waals surface area contributed by atoms with Crippen LogP contribution < -0.4 is 8.92 Å². The van der Waals surface area contributed by atoms with Gasteiger partial charge in [-0.05, 0) is 86.8 Å². The van der Waals surface area contributed by atoms with Crippen molar-refractivity contribution in [3.63, 3.8) is 0 Å². The Labute approximate surface area is 178 Å². The fourth-order valence-electron chi connectivity index (χ4n) is 2.77. The molecule has 0 atom stereocenters. The van der Waals surface area contributed by atoms with Gasteiger partial charge in [-0.2, -0.15) is 8.42 Å². The van der Waals surface area contributed by atoms with Crippen LogP contribution in [0.5, 0.6) is 11.5 Å². The molecule has 0 bridgehead atoms.